The van der Waals surface area contributed by atoms with Gasteiger partial charge in [0.15, 0.2) is 0 Å². The average molecular weight is 791 g/mol. The van der Waals surface area contributed by atoms with E-state index in [2.05, 4.69) is 111 Å². The third-order valence-corrected chi connectivity index (χ3v) is 7.82. The molecule has 0 heterocycles. The Balaban J connectivity index is 0.000000238. The van der Waals surface area contributed by atoms with E-state index < -0.39 is 5.97 Å². The van der Waals surface area contributed by atoms with Crippen molar-refractivity contribution < 1.29 is 9.53 Å². The summed E-state index contributed by atoms with van der Waals surface area (Å²) in [5.41, 5.74) is 11.3. The van der Waals surface area contributed by atoms with Gasteiger partial charge in [0, 0.05) is 11.6 Å². The molecule has 2 aliphatic carbocycles. The molecule has 0 spiro atoms. The molecule has 0 saturated heterocycles. The Hall–Kier alpha value is -3.41. The summed E-state index contributed by atoms with van der Waals surface area (Å²) in [4.78, 5) is 11.3. The Labute approximate surface area is 284 Å². The highest BCUT2D eigenvalue weighted by Gasteiger charge is 2.18. The Morgan fingerprint density at radius 3 is 1.60 bits per heavy atom. The van der Waals surface area contributed by atoms with E-state index in [-0.39, 0.29) is 0 Å². The fraction of sp³-hybridized carbons (Fsp3) is 0.154. The fourth-order valence-electron chi connectivity index (χ4n) is 5.28. The van der Waals surface area contributed by atoms with Gasteiger partial charge in [0.25, 0.3) is 0 Å². The summed E-state index contributed by atoms with van der Waals surface area (Å²) < 4.78 is 9.26. The van der Waals surface area contributed by atoms with Crippen LogP contribution in [0.1, 0.15) is 55.2 Å². The van der Waals surface area contributed by atoms with Crippen molar-refractivity contribution in [2.45, 2.75) is 38.5 Å². The minimum atomic E-state index is -0.449. The van der Waals surface area contributed by atoms with E-state index in [1.54, 1.807) is 0 Å². The lowest BCUT2D eigenvalue weighted by Gasteiger charge is -2.22. The minimum absolute atomic E-state index is 0.449. The number of hydrogen-bond donors (Lipinski definition) is 0. The normalized spacial score (nSPS) is 17.0. The average Bonchev–Trinajstić information content (AvgIpc) is 3.03. The second kappa shape index (κ2) is 18.3. The molecule has 0 aliphatic heterocycles. The molecule has 4 rings (SSSR count). The van der Waals surface area contributed by atoms with Crippen LogP contribution in [0.15, 0.2) is 141 Å². The number of allylic oxidation sites excluding steroid dienone is 12. The molecule has 2 aromatic rings. The van der Waals surface area contributed by atoms with Crippen LogP contribution in [0.3, 0.4) is 0 Å². The van der Waals surface area contributed by atoms with E-state index in [0.29, 0.717) is 5.75 Å². The van der Waals surface area contributed by atoms with Gasteiger partial charge >= 0.3 is 5.97 Å². The van der Waals surface area contributed by atoms with Crippen LogP contribution in [0.5, 0.6) is 5.75 Å². The molecule has 2 nitrogen and oxygen atoms in total. The van der Waals surface area contributed by atoms with Gasteiger partial charge in [0.05, 0.1) is 0 Å². The molecule has 0 radical (unpaired) electrons. The van der Waals surface area contributed by atoms with E-state index in [0.717, 1.165) is 49.3 Å². The lowest BCUT2D eigenvalue weighted by Crippen LogP contribution is -2.04. The molecule has 0 bridgehead atoms. The minimum Gasteiger partial charge on any atom is -0.423 e. The Bertz CT molecular complexity index is 1550. The molecule has 0 atom stereocenters. The molecule has 4 heteroatoms. The molecule has 2 aliphatic rings. The van der Waals surface area contributed by atoms with Crippen LogP contribution >= 0.6 is 45.2 Å². The standard InChI is InChI=1S/C20H19IO2.C19H17I/c1-3-6-15-7-5-8-16(13-14-21)20(15)17-9-11-18(12-10-17)23-19(22)4-2;1-3-6-16-7-5-8-17(13-14-20)19(16)18-11-9-15(4-2)10-12-18/h3-4,6,9-14H,1-2,5,7-8H2;2-3,6,9-14H,1,5,7-8H2/b14-13+,15-6+;14-13+,16-6+. The largest absolute Gasteiger partial charge is 0.423 e. The Morgan fingerprint density at radius 1 is 0.744 bits per heavy atom. The van der Waals surface area contributed by atoms with Gasteiger partial charge in [-0.3, -0.25) is 0 Å². The number of terminal acetylenes is 1. The quantitative estimate of drug-likeness (QED) is 0.0875. The summed E-state index contributed by atoms with van der Waals surface area (Å²) in [6.07, 6.45) is 25.6. The van der Waals surface area contributed by atoms with Gasteiger partial charge in [-0.2, -0.15) is 0 Å². The summed E-state index contributed by atoms with van der Waals surface area (Å²) in [6, 6.07) is 15.9. The summed E-state index contributed by atoms with van der Waals surface area (Å²) in [5.74, 6) is 2.74. The number of carbonyl (C=O) groups excluding carboxylic acids is 1. The van der Waals surface area contributed by atoms with Gasteiger partial charge in [-0.1, -0.05) is 132 Å². The summed E-state index contributed by atoms with van der Waals surface area (Å²) in [6.45, 7) is 11.1. The molecular weight excluding hydrogens is 754 g/mol. The topological polar surface area (TPSA) is 26.3 Å². The van der Waals surface area contributed by atoms with Crippen LogP contribution in [0, 0.1) is 12.3 Å². The summed E-state index contributed by atoms with van der Waals surface area (Å²) in [7, 11) is 0. The van der Waals surface area contributed by atoms with Crippen molar-refractivity contribution in [1.82, 2.24) is 0 Å². The zero-order chi connectivity index (χ0) is 31.0. The van der Waals surface area contributed by atoms with E-state index >= 15 is 0 Å². The molecule has 0 fully saturated rings. The van der Waals surface area contributed by atoms with Crippen LogP contribution < -0.4 is 4.74 Å². The van der Waals surface area contributed by atoms with Gasteiger partial charge in [-0.15, -0.1) is 6.42 Å². The van der Waals surface area contributed by atoms with Crippen LogP contribution in [-0.4, -0.2) is 5.97 Å². The summed E-state index contributed by atoms with van der Waals surface area (Å²) in [5, 5.41) is 0. The van der Waals surface area contributed by atoms with Gasteiger partial charge in [0.2, 0.25) is 0 Å². The third-order valence-electron chi connectivity index (χ3n) is 7.10. The van der Waals surface area contributed by atoms with Crippen molar-refractivity contribution in [3.8, 4) is 18.1 Å². The lowest BCUT2D eigenvalue weighted by molar-refractivity contribution is -0.128. The SMILES string of the molecule is C#Cc1ccc(C2=C(/C=C/I)CCC/C2=C\C=C)cc1.C=C/C=C1\CCCC(/C=C/I)=C1c1ccc(OC(=O)C=C)cc1. The van der Waals surface area contributed by atoms with Crippen LogP contribution in [0.25, 0.3) is 11.1 Å². The number of rotatable bonds is 8. The molecule has 2 aromatic carbocycles. The molecule has 43 heavy (non-hydrogen) atoms. The maximum Gasteiger partial charge on any atom is 0.335 e. The van der Waals surface area contributed by atoms with E-state index in [9.17, 15) is 4.79 Å². The first kappa shape index (κ1) is 34.1. The highest BCUT2D eigenvalue weighted by atomic mass is 127. The molecule has 218 valence electrons. The fourth-order valence-corrected chi connectivity index (χ4v) is 6.14. The molecule has 0 amide bonds. The molecule has 0 N–H and O–H groups in total. The first-order chi connectivity index (χ1) is 21.0. The smallest absolute Gasteiger partial charge is 0.335 e. The number of carbonyl (C=O) groups is 1. The molecule has 0 aromatic heterocycles. The van der Waals surface area contributed by atoms with Crippen molar-refractivity contribution in [3.05, 3.63) is 158 Å². The maximum atomic E-state index is 11.3. The van der Waals surface area contributed by atoms with Crippen molar-refractivity contribution in [3.63, 3.8) is 0 Å². The summed E-state index contributed by atoms with van der Waals surface area (Å²) >= 11 is 4.53. The lowest BCUT2D eigenvalue weighted by atomic mass is 9.83. The number of benzene rings is 2. The number of ether oxygens (including phenoxy) is 1. The van der Waals surface area contributed by atoms with Crippen molar-refractivity contribution >= 4 is 62.3 Å². The van der Waals surface area contributed by atoms with E-state index in [1.165, 1.54) is 45.4 Å². The predicted octanol–water partition coefficient (Wildman–Crippen LogP) is 11.4. The van der Waals surface area contributed by atoms with Gasteiger partial charge in [0.1, 0.15) is 5.75 Å². The van der Waals surface area contributed by atoms with Crippen LogP contribution in [-0.2, 0) is 4.79 Å². The Morgan fingerprint density at radius 2 is 1.21 bits per heavy atom. The van der Waals surface area contributed by atoms with Crippen molar-refractivity contribution in [1.29, 1.82) is 0 Å². The highest BCUT2D eigenvalue weighted by Crippen LogP contribution is 2.39. The monoisotopic (exact) mass is 790 g/mol. The molecular formula is C39H36I2O2. The van der Waals surface area contributed by atoms with Crippen LogP contribution in [0.4, 0.5) is 0 Å². The van der Waals surface area contributed by atoms with Crippen molar-refractivity contribution in [2.75, 3.05) is 0 Å². The van der Waals surface area contributed by atoms with Crippen LogP contribution in [0.2, 0.25) is 0 Å². The third kappa shape index (κ3) is 9.80. The van der Waals surface area contributed by atoms with Gasteiger partial charge in [-0.25, -0.2) is 4.79 Å². The maximum absolute atomic E-state index is 11.3. The zero-order valence-electron chi connectivity index (χ0n) is 24.3. The van der Waals surface area contributed by atoms with E-state index in [1.807, 2.05) is 52.6 Å². The predicted molar refractivity (Wildman–Crippen MR) is 201 cm³/mol. The van der Waals surface area contributed by atoms with Gasteiger partial charge in [-0.05, 0) is 116 Å². The van der Waals surface area contributed by atoms with E-state index in [4.69, 9.17) is 11.2 Å². The number of esters is 1. The second-order valence-electron chi connectivity index (χ2n) is 9.82. The zero-order valence-corrected chi connectivity index (χ0v) is 28.6. The number of hydrogen-bond acceptors (Lipinski definition) is 2. The van der Waals surface area contributed by atoms with Gasteiger partial charge < -0.3 is 4.74 Å². The first-order valence-corrected chi connectivity index (χ1v) is 16.6. The number of halogens is 2. The highest BCUT2D eigenvalue weighted by molar-refractivity contribution is 14.1. The molecule has 0 saturated carbocycles. The molecule has 0 unspecified atom stereocenters. The Kier molecular flexibility index (Phi) is 14.5. The second-order valence-corrected chi connectivity index (χ2v) is 11.3. The first-order valence-electron chi connectivity index (χ1n) is 14.1. The van der Waals surface area contributed by atoms with Crippen molar-refractivity contribution in [2.24, 2.45) is 0 Å².